The van der Waals surface area contributed by atoms with Gasteiger partial charge in [0.05, 0.1) is 6.07 Å². The fourth-order valence-electron chi connectivity index (χ4n) is 1.84. The van der Waals surface area contributed by atoms with Crippen LogP contribution in [-0.4, -0.2) is 5.91 Å². The van der Waals surface area contributed by atoms with Crippen molar-refractivity contribution >= 4 is 22.4 Å². The number of benzene rings is 2. The van der Waals surface area contributed by atoms with Crippen LogP contribution < -0.4 is 5.32 Å². The first-order chi connectivity index (χ1) is 8.69. The van der Waals surface area contributed by atoms with E-state index in [-0.39, 0.29) is 18.7 Å². The Hall–Kier alpha value is -2.34. The minimum absolute atomic E-state index is 0.122. The van der Waals surface area contributed by atoms with Gasteiger partial charge < -0.3 is 5.32 Å². The molecule has 0 saturated carbocycles. The molecule has 3 heteroatoms. The molecule has 0 aliphatic heterocycles. The molecule has 1 N–H and O–H groups in total. The minimum atomic E-state index is -0.122. The van der Waals surface area contributed by atoms with Crippen LogP contribution in [0.5, 0.6) is 0 Å². The van der Waals surface area contributed by atoms with Gasteiger partial charge in [-0.3, -0.25) is 4.79 Å². The van der Waals surface area contributed by atoms with Crippen molar-refractivity contribution in [2.45, 2.75) is 19.8 Å². The molecule has 18 heavy (non-hydrogen) atoms. The van der Waals surface area contributed by atoms with Crippen LogP contribution in [-0.2, 0) is 4.79 Å². The summed E-state index contributed by atoms with van der Waals surface area (Å²) in [7, 11) is 0. The van der Waals surface area contributed by atoms with Gasteiger partial charge in [0.1, 0.15) is 0 Å². The Morgan fingerprint density at radius 1 is 1.22 bits per heavy atom. The Morgan fingerprint density at radius 2 is 1.94 bits per heavy atom. The topological polar surface area (TPSA) is 52.9 Å². The molecular weight excluding hydrogens is 224 g/mol. The van der Waals surface area contributed by atoms with E-state index >= 15 is 0 Å². The maximum Gasteiger partial charge on any atom is 0.225 e. The number of anilines is 1. The van der Waals surface area contributed by atoms with Crippen molar-refractivity contribution < 1.29 is 4.79 Å². The number of carbonyl (C=O) groups excluding carboxylic acids is 1. The predicted octanol–water partition coefficient (Wildman–Crippen LogP) is 3.39. The summed E-state index contributed by atoms with van der Waals surface area (Å²) in [6.45, 7) is 2.05. The molecule has 2 rings (SSSR count). The number of hydrogen-bond donors (Lipinski definition) is 1. The molecule has 0 fully saturated rings. The SMILES string of the molecule is Cc1ccc2cc(NC(=O)CCC#N)ccc2c1. The normalized spacial score (nSPS) is 10.0. The molecule has 2 aromatic carbocycles. The molecule has 0 bridgehead atoms. The summed E-state index contributed by atoms with van der Waals surface area (Å²) in [5, 5.41) is 13.5. The summed E-state index contributed by atoms with van der Waals surface area (Å²) in [6, 6.07) is 14.0. The van der Waals surface area contributed by atoms with Crippen LogP contribution >= 0.6 is 0 Å². The van der Waals surface area contributed by atoms with Crippen LogP contribution in [0, 0.1) is 18.3 Å². The quantitative estimate of drug-likeness (QED) is 0.891. The number of nitrogens with zero attached hydrogens (tertiary/aromatic N) is 1. The molecule has 3 nitrogen and oxygen atoms in total. The molecule has 0 aliphatic carbocycles. The van der Waals surface area contributed by atoms with Crippen molar-refractivity contribution in [1.82, 2.24) is 0 Å². The highest BCUT2D eigenvalue weighted by Gasteiger charge is 2.02. The Labute approximate surface area is 106 Å². The van der Waals surface area contributed by atoms with E-state index in [0.29, 0.717) is 0 Å². The van der Waals surface area contributed by atoms with Crippen molar-refractivity contribution in [3.63, 3.8) is 0 Å². The summed E-state index contributed by atoms with van der Waals surface area (Å²) in [6.07, 6.45) is 0.487. The van der Waals surface area contributed by atoms with E-state index in [1.54, 1.807) is 0 Å². The zero-order chi connectivity index (χ0) is 13.0. The third-order valence-electron chi connectivity index (χ3n) is 2.74. The van der Waals surface area contributed by atoms with Crippen LogP contribution in [0.4, 0.5) is 5.69 Å². The minimum Gasteiger partial charge on any atom is -0.326 e. The van der Waals surface area contributed by atoms with Gasteiger partial charge in [-0.15, -0.1) is 0 Å². The van der Waals surface area contributed by atoms with E-state index in [4.69, 9.17) is 5.26 Å². The average Bonchev–Trinajstić information content (AvgIpc) is 2.36. The summed E-state index contributed by atoms with van der Waals surface area (Å²) in [4.78, 5) is 11.5. The van der Waals surface area contributed by atoms with E-state index in [0.717, 1.165) is 16.5 Å². The van der Waals surface area contributed by atoms with Crippen molar-refractivity contribution in [2.75, 3.05) is 5.32 Å². The predicted molar refractivity (Wildman–Crippen MR) is 72.2 cm³/mol. The number of amides is 1. The molecule has 0 aliphatic rings. The number of fused-ring (bicyclic) bond motifs is 1. The highest BCUT2D eigenvalue weighted by Crippen LogP contribution is 2.20. The maximum absolute atomic E-state index is 11.5. The Kier molecular flexibility index (Phi) is 3.59. The number of hydrogen-bond acceptors (Lipinski definition) is 2. The van der Waals surface area contributed by atoms with Crippen LogP contribution in [0.15, 0.2) is 36.4 Å². The van der Waals surface area contributed by atoms with Gasteiger partial charge in [-0.2, -0.15) is 5.26 Å². The fraction of sp³-hybridized carbons (Fsp3) is 0.200. The molecule has 0 radical (unpaired) electrons. The van der Waals surface area contributed by atoms with Crippen molar-refractivity contribution in [3.8, 4) is 6.07 Å². The Balaban J connectivity index is 2.18. The molecule has 1 amide bonds. The van der Waals surface area contributed by atoms with Gasteiger partial charge in [-0.25, -0.2) is 0 Å². The van der Waals surface area contributed by atoms with E-state index in [9.17, 15) is 4.79 Å². The van der Waals surface area contributed by atoms with Gasteiger partial charge in [0.15, 0.2) is 0 Å². The summed E-state index contributed by atoms with van der Waals surface area (Å²) in [5.41, 5.74) is 1.99. The number of aryl methyl sites for hydroxylation is 1. The molecule has 0 unspecified atom stereocenters. The second-order valence-electron chi connectivity index (χ2n) is 4.27. The lowest BCUT2D eigenvalue weighted by Crippen LogP contribution is -2.10. The van der Waals surface area contributed by atoms with Gasteiger partial charge in [-0.1, -0.05) is 29.8 Å². The number of carbonyl (C=O) groups is 1. The zero-order valence-electron chi connectivity index (χ0n) is 10.2. The van der Waals surface area contributed by atoms with Gasteiger partial charge in [-0.05, 0) is 29.8 Å². The monoisotopic (exact) mass is 238 g/mol. The summed E-state index contributed by atoms with van der Waals surface area (Å²) in [5.74, 6) is -0.122. The van der Waals surface area contributed by atoms with Crippen LogP contribution in [0.3, 0.4) is 0 Å². The van der Waals surface area contributed by atoms with Gasteiger partial charge in [0.25, 0.3) is 0 Å². The van der Waals surface area contributed by atoms with Crippen LogP contribution in [0.2, 0.25) is 0 Å². The maximum atomic E-state index is 11.5. The molecular formula is C15H14N2O. The van der Waals surface area contributed by atoms with Gasteiger partial charge >= 0.3 is 0 Å². The van der Waals surface area contributed by atoms with Crippen molar-refractivity contribution in [2.24, 2.45) is 0 Å². The lowest BCUT2D eigenvalue weighted by Gasteiger charge is -2.06. The van der Waals surface area contributed by atoms with E-state index in [1.165, 1.54) is 5.56 Å². The highest BCUT2D eigenvalue weighted by molar-refractivity contribution is 5.94. The molecule has 90 valence electrons. The largest absolute Gasteiger partial charge is 0.326 e. The number of nitriles is 1. The van der Waals surface area contributed by atoms with Crippen LogP contribution in [0.1, 0.15) is 18.4 Å². The zero-order valence-corrected chi connectivity index (χ0v) is 10.2. The first-order valence-corrected chi connectivity index (χ1v) is 5.86. The second kappa shape index (κ2) is 5.33. The summed E-state index contributed by atoms with van der Waals surface area (Å²) >= 11 is 0. The molecule has 0 atom stereocenters. The first kappa shape index (κ1) is 12.1. The van der Waals surface area contributed by atoms with Crippen molar-refractivity contribution in [1.29, 1.82) is 5.26 Å². The first-order valence-electron chi connectivity index (χ1n) is 5.86. The lowest BCUT2D eigenvalue weighted by molar-refractivity contribution is -0.116. The molecule has 0 spiro atoms. The number of nitrogens with one attached hydrogen (secondary N) is 1. The third-order valence-corrected chi connectivity index (χ3v) is 2.74. The van der Waals surface area contributed by atoms with Crippen molar-refractivity contribution in [3.05, 3.63) is 42.0 Å². The smallest absolute Gasteiger partial charge is 0.225 e. The Morgan fingerprint density at radius 3 is 2.72 bits per heavy atom. The summed E-state index contributed by atoms with van der Waals surface area (Å²) < 4.78 is 0. The Bertz CT molecular complexity index is 626. The highest BCUT2D eigenvalue weighted by atomic mass is 16.1. The molecule has 0 heterocycles. The van der Waals surface area contributed by atoms with E-state index in [1.807, 2.05) is 36.4 Å². The third kappa shape index (κ3) is 2.86. The van der Waals surface area contributed by atoms with Gasteiger partial charge in [0.2, 0.25) is 5.91 Å². The van der Waals surface area contributed by atoms with E-state index < -0.39 is 0 Å². The molecule has 2 aromatic rings. The van der Waals surface area contributed by atoms with E-state index in [2.05, 4.69) is 18.3 Å². The fourth-order valence-corrected chi connectivity index (χ4v) is 1.84. The standard InChI is InChI=1S/C15H14N2O/c1-11-4-5-13-10-14(7-6-12(13)9-11)17-15(18)3-2-8-16/h4-7,9-10H,2-3H2,1H3,(H,17,18). The lowest BCUT2D eigenvalue weighted by atomic mass is 10.1. The van der Waals surface area contributed by atoms with Gasteiger partial charge in [0, 0.05) is 18.5 Å². The molecule has 0 aromatic heterocycles. The average molecular weight is 238 g/mol. The molecule has 0 saturated heterocycles. The second-order valence-corrected chi connectivity index (χ2v) is 4.27. The van der Waals surface area contributed by atoms with Crippen LogP contribution in [0.25, 0.3) is 10.8 Å². The number of rotatable bonds is 3.